The monoisotopic (exact) mass is 692 g/mol. The van der Waals surface area contributed by atoms with Gasteiger partial charge in [-0.3, -0.25) is 0 Å². The van der Waals surface area contributed by atoms with Crippen LogP contribution in [0.25, 0.3) is 0 Å². The van der Waals surface area contributed by atoms with Gasteiger partial charge in [-0.2, -0.15) is 0 Å². The summed E-state index contributed by atoms with van der Waals surface area (Å²) in [6, 6.07) is 2.59. The minimum absolute atomic E-state index is 0.783. The van der Waals surface area contributed by atoms with E-state index in [0.29, 0.717) is 0 Å². The zero-order valence-corrected chi connectivity index (χ0v) is 36.1. The van der Waals surface area contributed by atoms with Crippen molar-refractivity contribution in [3.8, 4) is 0 Å². The molecule has 43 heavy (non-hydrogen) atoms. The van der Waals surface area contributed by atoms with E-state index >= 15 is 0 Å². The zero-order valence-electron chi connectivity index (χ0n) is 30.1. The minimum atomic E-state index is -1.97. The van der Waals surface area contributed by atoms with Crippen LogP contribution in [0.4, 0.5) is 0 Å². The number of hydrogen-bond acceptors (Lipinski definition) is 5. The second-order valence-corrected chi connectivity index (χ2v) is 43.8. The molecule has 0 aromatic heterocycles. The van der Waals surface area contributed by atoms with Crippen molar-refractivity contribution in [2.45, 2.75) is 153 Å². The van der Waals surface area contributed by atoms with Crippen LogP contribution in [-0.4, -0.2) is 64.2 Å². The van der Waals surface area contributed by atoms with Gasteiger partial charge in [0.2, 0.25) is 0 Å². The molecule has 4 fully saturated rings. The summed E-state index contributed by atoms with van der Waals surface area (Å²) in [6.45, 7) is 30.4. The third-order valence-electron chi connectivity index (χ3n) is 12.2. The van der Waals surface area contributed by atoms with Gasteiger partial charge < -0.3 is 0 Å². The molecule has 4 rings (SSSR count). The molecule has 5 nitrogen and oxygen atoms in total. The van der Waals surface area contributed by atoms with Gasteiger partial charge >= 0.3 is 275 Å². The molecule has 0 aromatic carbocycles. The Morgan fingerprint density at radius 1 is 0.628 bits per heavy atom. The molecule has 4 aliphatic carbocycles. The van der Waals surface area contributed by atoms with Crippen LogP contribution < -0.4 is 0 Å². The van der Waals surface area contributed by atoms with Crippen LogP contribution in [0.15, 0.2) is 4.56 Å². The Labute approximate surface area is 273 Å². The Morgan fingerprint density at radius 3 is 1.44 bits per heavy atom. The van der Waals surface area contributed by atoms with E-state index in [9.17, 15) is 0 Å². The first-order chi connectivity index (χ1) is 19.6. The van der Waals surface area contributed by atoms with Gasteiger partial charge in [0.1, 0.15) is 0 Å². The summed E-state index contributed by atoms with van der Waals surface area (Å²) < 4.78 is 25.3. The van der Waals surface area contributed by atoms with Gasteiger partial charge in [-0.1, -0.05) is 0 Å². The Kier molecular flexibility index (Phi) is 11.2. The van der Waals surface area contributed by atoms with E-state index in [1.54, 1.807) is 6.66 Å². The predicted molar refractivity (Wildman–Crippen MR) is 201 cm³/mol. The van der Waals surface area contributed by atoms with E-state index in [0.717, 1.165) is 46.6 Å². The summed E-state index contributed by atoms with van der Waals surface area (Å²) >= 11 is 0. The van der Waals surface area contributed by atoms with Crippen molar-refractivity contribution in [2.24, 2.45) is 40.1 Å². The van der Waals surface area contributed by atoms with Crippen molar-refractivity contribution in [3.05, 3.63) is 0 Å². The Morgan fingerprint density at radius 2 is 1.05 bits per heavy atom. The molecule has 8 atom stereocenters. The quantitative estimate of drug-likeness (QED) is 0.164. The molecule has 0 amide bonds. The molecule has 0 aliphatic heterocycles. The second-order valence-electron chi connectivity index (χ2n) is 18.7. The second kappa shape index (κ2) is 13.1. The summed E-state index contributed by atoms with van der Waals surface area (Å²) in [7, 11) is -7.19. The van der Waals surface area contributed by atoms with Gasteiger partial charge in [-0.05, 0) is 0 Å². The molecule has 8 unspecified atom stereocenters. The molecule has 4 saturated carbocycles. The molecule has 244 valence electrons. The van der Waals surface area contributed by atoms with E-state index in [-0.39, 0.29) is 0 Å². The first-order valence-electron chi connectivity index (χ1n) is 17.7. The Bertz CT molecular complexity index is 1030. The van der Waals surface area contributed by atoms with E-state index in [1.165, 1.54) is 63.5 Å². The van der Waals surface area contributed by atoms with Gasteiger partial charge in [0.25, 0.3) is 0 Å². The summed E-state index contributed by atoms with van der Waals surface area (Å²) in [4.78, 5) is 0. The maximum atomic E-state index is 7.91. The van der Waals surface area contributed by atoms with Gasteiger partial charge in [0, 0.05) is 0 Å². The zero-order chi connectivity index (χ0) is 32.2. The molecular formula is C30H66B2N2O3Si6. The van der Waals surface area contributed by atoms with E-state index in [4.69, 9.17) is 17.7 Å². The molecule has 13 heteroatoms. The average molecular weight is 693 g/mol. The fraction of sp³-hybridized carbons (Fsp3) is 1.00. The van der Waals surface area contributed by atoms with Crippen LogP contribution in [0.5, 0.6) is 0 Å². The normalized spacial score (nSPS) is 33.3. The van der Waals surface area contributed by atoms with Crippen LogP contribution in [0.3, 0.4) is 0 Å². The predicted octanol–water partition coefficient (Wildman–Crippen LogP) is 9.42. The van der Waals surface area contributed by atoms with Crippen molar-refractivity contribution in [1.82, 2.24) is 0 Å². The van der Waals surface area contributed by atoms with Crippen LogP contribution in [-0.2, 0) is 12.3 Å². The number of hydrogen-bond donors (Lipinski definition) is 1. The molecule has 0 aromatic rings. The average Bonchev–Trinajstić information content (AvgIpc) is 3.65. The number of nitrogens with one attached hydrogen (secondary N) is 1. The van der Waals surface area contributed by atoms with Crippen molar-refractivity contribution in [1.29, 1.82) is 5.31 Å². The fourth-order valence-electron chi connectivity index (χ4n) is 10.7. The van der Waals surface area contributed by atoms with E-state index in [2.05, 4.69) is 90.8 Å². The van der Waals surface area contributed by atoms with Crippen LogP contribution in [0.2, 0.25) is 102 Å². The third kappa shape index (κ3) is 9.09. The first-order valence-corrected chi connectivity index (χ1v) is 35.7. The number of nitrogens with zero attached hydrogens (tertiary/aromatic N) is 1. The molecule has 1 N–H and O–H groups in total. The molecule has 0 radical (unpaired) electrons. The summed E-state index contributed by atoms with van der Waals surface area (Å²) in [5.74, 6) is 5.35. The molecule has 0 saturated heterocycles. The molecular weight excluding hydrogens is 626 g/mol. The number of fused-ring (bicyclic) bond motifs is 4. The fourth-order valence-corrected chi connectivity index (χ4v) is 36.6. The van der Waals surface area contributed by atoms with Gasteiger partial charge in [0.05, 0.1) is 0 Å². The summed E-state index contributed by atoms with van der Waals surface area (Å²) in [5, 5.41) is 7.91. The van der Waals surface area contributed by atoms with Crippen molar-refractivity contribution in [3.63, 3.8) is 0 Å². The van der Waals surface area contributed by atoms with Crippen LogP contribution >= 0.6 is 0 Å². The summed E-state index contributed by atoms with van der Waals surface area (Å²) in [6.07, 6.45) is 11.3. The van der Waals surface area contributed by atoms with Gasteiger partial charge in [-0.15, -0.1) is 0 Å². The van der Waals surface area contributed by atoms with E-state index < -0.39 is 49.9 Å². The molecule has 0 spiro atoms. The van der Waals surface area contributed by atoms with Crippen molar-refractivity contribution >= 4 is 64.2 Å². The van der Waals surface area contributed by atoms with Crippen molar-refractivity contribution < 1.29 is 12.3 Å². The molecule has 4 bridgehead atoms. The number of rotatable bonds is 16. The van der Waals surface area contributed by atoms with Crippen LogP contribution in [0.1, 0.15) is 51.4 Å². The van der Waals surface area contributed by atoms with Gasteiger partial charge in [-0.25, -0.2) is 0 Å². The SMILES string of the molecule is B=N[Si](C)(C)O[Si](C)(C)CCC1CC2CC1C([Si](C)(C)O[Si](C)(C)CCC1CC3CC1C([Si](C)(C)O[Si](C)(C)B=N)C3)C2. The topological polar surface area (TPSA) is 63.9 Å². The Balaban J connectivity index is 1.32. The standard InChI is InChI=1S/C30H66B2N2O3Si6/c1-38(2,15-13-25-18-24-20-28(25)30(22-24)41(7,8)37-42(9,10)32-33)35-40(5,6)29-21-23-17-26(27(29)19-23)14-16-39(3,4)36-43(11,12)34-31/h23-31,33H,13-22H2,1-12H3. The maximum absolute atomic E-state index is 7.91. The third-order valence-corrected chi connectivity index (χ3v) is 34.3. The first kappa shape index (κ1) is 36.7. The van der Waals surface area contributed by atoms with Gasteiger partial charge in [0.15, 0.2) is 0 Å². The van der Waals surface area contributed by atoms with Crippen LogP contribution in [0, 0.1) is 40.8 Å². The molecule has 4 aliphatic rings. The van der Waals surface area contributed by atoms with Crippen molar-refractivity contribution in [2.75, 3.05) is 0 Å². The molecule has 0 heterocycles. The van der Waals surface area contributed by atoms with E-state index in [1.807, 2.05) is 0 Å². The Hall–Kier alpha value is 0.911. The summed E-state index contributed by atoms with van der Waals surface area (Å²) in [5.41, 5.74) is 1.62.